The Kier molecular flexibility index (Phi) is 2.28. The minimum Gasteiger partial charge on any atom is -0.447 e. The van der Waals surface area contributed by atoms with Gasteiger partial charge in [-0.1, -0.05) is 0 Å². The normalized spacial score (nSPS) is 23.5. The molecule has 0 amide bonds. The average molecular weight is 243 g/mol. The maximum atomic E-state index is 12.9. The van der Waals surface area contributed by atoms with E-state index in [0.717, 1.165) is 39.4 Å². The smallest absolute Gasteiger partial charge is 0.290 e. The fourth-order valence-electron chi connectivity index (χ4n) is 2.49. The van der Waals surface area contributed by atoms with Gasteiger partial charge >= 0.3 is 0 Å². The molecule has 2 aliphatic rings. The highest BCUT2D eigenvalue weighted by Gasteiger charge is 2.47. The highest BCUT2D eigenvalue weighted by molar-refractivity contribution is 5.07. The molecule has 1 aromatic rings. The number of nitrogens with zero attached hydrogens (tertiary/aromatic N) is 2. The van der Waals surface area contributed by atoms with Crippen molar-refractivity contribution in [2.45, 2.75) is 19.4 Å². The van der Waals surface area contributed by atoms with Crippen molar-refractivity contribution in [3.05, 3.63) is 17.8 Å². The lowest BCUT2D eigenvalue weighted by Crippen LogP contribution is -2.70. The Morgan fingerprint density at radius 2 is 2.24 bits per heavy atom. The molecule has 0 atom stereocenters. The first-order chi connectivity index (χ1) is 7.97. The van der Waals surface area contributed by atoms with E-state index in [1.807, 2.05) is 0 Å². The highest BCUT2D eigenvalue weighted by Crippen LogP contribution is 2.35. The van der Waals surface area contributed by atoms with Crippen molar-refractivity contribution in [2.24, 2.45) is 5.41 Å². The second-order valence-electron chi connectivity index (χ2n) is 5.26. The Balaban J connectivity index is 1.57. The molecule has 1 aromatic heterocycles. The van der Waals surface area contributed by atoms with Gasteiger partial charge in [-0.15, -0.1) is 0 Å². The first-order valence-electron chi connectivity index (χ1n) is 5.73. The summed E-state index contributed by atoms with van der Waals surface area (Å²) in [4.78, 5) is 5.99. The molecule has 3 heterocycles. The van der Waals surface area contributed by atoms with Crippen LogP contribution in [0.3, 0.4) is 0 Å². The Labute approximate surface area is 98.0 Å². The molecule has 1 N–H and O–H groups in total. The first-order valence-corrected chi connectivity index (χ1v) is 5.73. The minimum absolute atomic E-state index is 0.284. The minimum atomic E-state index is -2.92. The van der Waals surface area contributed by atoms with Crippen LogP contribution in [0.2, 0.25) is 0 Å². The van der Waals surface area contributed by atoms with E-state index in [0.29, 0.717) is 17.9 Å². The molecule has 0 saturated carbocycles. The molecule has 0 aromatic carbocycles. The number of halogens is 2. The molecule has 4 nitrogen and oxygen atoms in total. The Hall–Kier alpha value is -1.01. The molecule has 3 rings (SSSR count). The number of oxazole rings is 1. The third-order valence-electron chi connectivity index (χ3n) is 3.48. The Morgan fingerprint density at radius 3 is 2.71 bits per heavy atom. The zero-order chi connectivity index (χ0) is 12.1. The zero-order valence-electron chi connectivity index (χ0n) is 9.67. The first kappa shape index (κ1) is 11.1. The molecule has 0 bridgehead atoms. The van der Waals surface area contributed by atoms with Crippen molar-refractivity contribution in [1.82, 2.24) is 15.2 Å². The van der Waals surface area contributed by atoms with E-state index in [9.17, 15) is 8.78 Å². The van der Waals surface area contributed by atoms with Crippen LogP contribution in [0.1, 0.15) is 18.5 Å². The van der Waals surface area contributed by atoms with Crippen LogP contribution < -0.4 is 5.32 Å². The molecule has 2 fully saturated rings. The molecule has 6 heteroatoms. The van der Waals surface area contributed by atoms with Crippen LogP contribution >= 0.6 is 0 Å². The third-order valence-corrected chi connectivity index (χ3v) is 3.48. The van der Waals surface area contributed by atoms with E-state index < -0.39 is 5.92 Å². The summed E-state index contributed by atoms with van der Waals surface area (Å²) in [5, 5.41) is 3.25. The maximum Gasteiger partial charge on any atom is 0.290 e. The molecular formula is C11H15F2N3O. The predicted molar refractivity (Wildman–Crippen MR) is 56.7 cm³/mol. The zero-order valence-corrected chi connectivity index (χ0v) is 9.67. The van der Waals surface area contributed by atoms with E-state index in [4.69, 9.17) is 4.42 Å². The third kappa shape index (κ3) is 1.95. The summed E-state index contributed by atoms with van der Waals surface area (Å²) in [5.41, 5.74) is 0.150. The fraction of sp³-hybridized carbons (Fsp3) is 0.727. The van der Waals surface area contributed by atoms with Gasteiger partial charge in [0.15, 0.2) is 0 Å². The number of likely N-dealkylation sites (tertiary alicyclic amines) is 1. The van der Waals surface area contributed by atoms with Crippen LogP contribution in [-0.4, -0.2) is 36.1 Å². The number of hydrogen-bond donors (Lipinski definition) is 1. The van der Waals surface area contributed by atoms with Gasteiger partial charge in [0.05, 0.1) is 6.54 Å². The average Bonchev–Trinajstić information content (AvgIpc) is 2.54. The Morgan fingerprint density at radius 1 is 1.53 bits per heavy atom. The van der Waals surface area contributed by atoms with Crippen LogP contribution in [-0.2, 0) is 12.5 Å². The Bertz CT molecular complexity index is 415. The predicted octanol–water partition coefficient (Wildman–Crippen LogP) is 1.19. The SMILES string of the molecule is CC(F)(F)c1coc(CN2CC3(CNC3)C2)n1. The number of hydrogen-bond acceptors (Lipinski definition) is 4. The van der Waals surface area contributed by atoms with Crippen molar-refractivity contribution < 1.29 is 13.2 Å². The fourth-order valence-corrected chi connectivity index (χ4v) is 2.49. The second-order valence-corrected chi connectivity index (χ2v) is 5.26. The van der Waals surface area contributed by atoms with E-state index in [2.05, 4.69) is 15.2 Å². The number of nitrogens with one attached hydrogen (secondary N) is 1. The van der Waals surface area contributed by atoms with E-state index in [1.54, 1.807) is 0 Å². The van der Waals surface area contributed by atoms with Crippen LogP contribution in [0.5, 0.6) is 0 Å². The molecule has 2 saturated heterocycles. The molecular weight excluding hydrogens is 228 g/mol. The number of alkyl halides is 2. The number of aromatic nitrogens is 1. The molecule has 0 aliphatic carbocycles. The lowest BCUT2D eigenvalue weighted by Gasteiger charge is -2.55. The van der Waals surface area contributed by atoms with Gasteiger partial charge < -0.3 is 9.73 Å². The van der Waals surface area contributed by atoms with Gasteiger partial charge in [-0.2, -0.15) is 8.78 Å². The number of rotatable bonds is 3. The molecule has 1 spiro atoms. The second kappa shape index (κ2) is 3.49. The van der Waals surface area contributed by atoms with Crippen LogP contribution in [0.25, 0.3) is 0 Å². The summed E-state index contributed by atoms with van der Waals surface area (Å²) in [6, 6.07) is 0. The highest BCUT2D eigenvalue weighted by atomic mass is 19.3. The summed E-state index contributed by atoms with van der Waals surface area (Å²) in [6.07, 6.45) is 1.05. The van der Waals surface area contributed by atoms with Crippen molar-refractivity contribution in [3.8, 4) is 0 Å². The lowest BCUT2D eigenvalue weighted by molar-refractivity contribution is -0.0484. The van der Waals surface area contributed by atoms with Gasteiger partial charge in [-0.25, -0.2) is 4.98 Å². The standard InChI is InChI=1S/C11H15F2N3O/c1-10(12,13)8-3-17-9(15-8)2-16-6-11(7-16)4-14-5-11/h3,14H,2,4-7H2,1H3. The van der Waals surface area contributed by atoms with Crippen LogP contribution in [0.15, 0.2) is 10.7 Å². The molecule has 0 radical (unpaired) electrons. The largest absolute Gasteiger partial charge is 0.447 e. The van der Waals surface area contributed by atoms with Crippen LogP contribution in [0.4, 0.5) is 8.78 Å². The van der Waals surface area contributed by atoms with Gasteiger partial charge in [0.25, 0.3) is 5.92 Å². The summed E-state index contributed by atoms with van der Waals surface area (Å²) in [6.45, 7) is 5.48. The molecule has 94 valence electrons. The van der Waals surface area contributed by atoms with Crippen molar-refractivity contribution >= 4 is 0 Å². The monoisotopic (exact) mass is 243 g/mol. The lowest BCUT2D eigenvalue weighted by atomic mass is 9.74. The topological polar surface area (TPSA) is 41.3 Å². The summed E-state index contributed by atoms with van der Waals surface area (Å²) >= 11 is 0. The van der Waals surface area contributed by atoms with Gasteiger partial charge in [-0.05, 0) is 0 Å². The quantitative estimate of drug-likeness (QED) is 0.866. The maximum absolute atomic E-state index is 12.9. The van der Waals surface area contributed by atoms with Gasteiger partial charge in [0.1, 0.15) is 12.0 Å². The molecule has 17 heavy (non-hydrogen) atoms. The van der Waals surface area contributed by atoms with Crippen molar-refractivity contribution in [1.29, 1.82) is 0 Å². The molecule has 0 unspecified atom stereocenters. The summed E-state index contributed by atoms with van der Waals surface area (Å²) in [5.74, 6) is -2.54. The van der Waals surface area contributed by atoms with Crippen LogP contribution in [0, 0.1) is 5.41 Å². The van der Waals surface area contributed by atoms with Gasteiger partial charge in [0.2, 0.25) is 5.89 Å². The summed E-state index contributed by atoms with van der Waals surface area (Å²) < 4.78 is 31.0. The van der Waals surface area contributed by atoms with Crippen molar-refractivity contribution in [3.63, 3.8) is 0 Å². The van der Waals surface area contributed by atoms with E-state index in [1.165, 1.54) is 0 Å². The van der Waals surface area contributed by atoms with Gasteiger partial charge in [-0.3, -0.25) is 4.90 Å². The summed E-state index contributed by atoms with van der Waals surface area (Å²) in [7, 11) is 0. The van der Waals surface area contributed by atoms with E-state index >= 15 is 0 Å². The van der Waals surface area contributed by atoms with Crippen molar-refractivity contribution in [2.75, 3.05) is 26.2 Å². The van der Waals surface area contributed by atoms with Gasteiger partial charge in [0, 0.05) is 38.5 Å². The van der Waals surface area contributed by atoms with E-state index in [-0.39, 0.29) is 5.69 Å². The molecule has 2 aliphatic heterocycles.